The number of rotatable bonds is 3. The second kappa shape index (κ2) is 6.05. The van der Waals surface area contributed by atoms with E-state index in [2.05, 4.69) is 21.2 Å². The van der Waals surface area contributed by atoms with Crippen LogP contribution in [0.1, 0.15) is 18.7 Å². The first-order chi connectivity index (χ1) is 9.49. The van der Waals surface area contributed by atoms with Crippen molar-refractivity contribution in [3.8, 4) is 0 Å². The molecule has 104 valence electrons. The van der Waals surface area contributed by atoms with Gasteiger partial charge in [-0.2, -0.15) is 0 Å². The minimum Gasteiger partial charge on any atom is -0.324 e. The van der Waals surface area contributed by atoms with Crippen LogP contribution in [0.5, 0.6) is 0 Å². The highest BCUT2D eigenvalue weighted by Gasteiger charge is 2.17. The van der Waals surface area contributed by atoms with Gasteiger partial charge in [-0.3, -0.25) is 9.59 Å². The van der Waals surface area contributed by atoms with Gasteiger partial charge in [0.05, 0.1) is 0 Å². The van der Waals surface area contributed by atoms with Gasteiger partial charge in [0.25, 0.3) is 5.56 Å². The summed E-state index contributed by atoms with van der Waals surface area (Å²) in [6, 6.07) is 11.7. The number of benzene rings is 1. The van der Waals surface area contributed by atoms with Crippen molar-refractivity contribution in [3.05, 3.63) is 63.0 Å². The van der Waals surface area contributed by atoms with E-state index < -0.39 is 6.04 Å². The molecule has 1 aromatic heterocycles. The topological polar surface area (TPSA) is 51.1 Å². The minimum absolute atomic E-state index is 0.177. The largest absolute Gasteiger partial charge is 0.324 e. The summed E-state index contributed by atoms with van der Waals surface area (Å²) in [4.78, 5) is 24.1. The van der Waals surface area contributed by atoms with E-state index in [4.69, 9.17) is 0 Å². The predicted octanol–water partition coefficient (Wildman–Crippen LogP) is 3.12. The summed E-state index contributed by atoms with van der Waals surface area (Å²) in [6.45, 7) is 3.52. The van der Waals surface area contributed by atoms with Crippen molar-refractivity contribution in [1.82, 2.24) is 4.57 Å². The highest BCUT2D eigenvalue weighted by atomic mass is 79.9. The third-order valence-corrected chi connectivity index (χ3v) is 3.60. The molecule has 2 aromatic rings. The molecule has 5 heteroatoms. The highest BCUT2D eigenvalue weighted by Crippen LogP contribution is 2.16. The lowest BCUT2D eigenvalue weighted by Gasteiger charge is -2.17. The summed E-state index contributed by atoms with van der Waals surface area (Å²) >= 11 is 3.34. The molecule has 0 saturated heterocycles. The Morgan fingerprint density at radius 3 is 2.45 bits per heavy atom. The Bertz CT molecular complexity index is 677. The molecular formula is C15H15BrN2O2. The Morgan fingerprint density at radius 1 is 1.20 bits per heavy atom. The van der Waals surface area contributed by atoms with Gasteiger partial charge in [-0.15, -0.1) is 0 Å². The fraction of sp³-hybridized carbons (Fsp3) is 0.200. The minimum atomic E-state index is -0.563. The van der Waals surface area contributed by atoms with E-state index in [-0.39, 0.29) is 11.5 Å². The first-order valence-corrected chi connectivity index (χ1v) is 7.03. The molecule has 1 unspecified atom stereocenters. The maximum Gasteiger partial charge on any atom is 0.251 e. The normalized spacial score (nSPS) is 11.9. The molecule has 0 aliphatic heterocycles. The van der Waals surface area contributed by atoms with Crippen LogP contribution in [0, 0.1) is 6.92 Å². The Kier molecular flexibility index (Phi) is 4.39. The van der Waals surface area contributed by atoms with Gasteiger partial charge in [0.1, 0.15) is 6.04 Å². The first kappa shape index (κ1) is 14.5. The van der Waals surface area contributed by atoms with E-state index in [9.17, 15) is 9.59 Å². The summed E-state index contributed by atoms with van der Waals surface area (Å²) in [5.41, 5.74) is 1.28. The van der Waals surface area contributed by atoms with Crippen LogP contribution in [-0.2, 0) is 4.79 Å². The number of carbonyl (C=O) groups excluding carboxylic acids is 1. The number of aromatic nitrogens is 1. The SMILES string of the molecule is Cc1cccc(=O)n1C(C)C(=O)Nc1ccc(Br)cc1. The summed E-state index contributed by atoms with van der Waals surface area (Å²) < 4.78 is 2.42. The lowest BCUT2D eigenvalue weighted by atomic mass is 10.2. The fourth-order valence-corrected chi connectivity index (χ4v) is 2.26. The molecule has 20 heavy (non-hydrogen) atoms. The van der Waals surface area contributed by atoms with Crippen LogP contribution >= 0.6 is 15.9 Å². The van der Waals surface area contributed by atoms with Crippen molar-refractivity contribution in [1.29, 1.82) is 0 Å². The number of carbonyl (C=O) groups is 1. The second-order valence-corrected chi connectivity index (χ2v) is 5.46. The molecule has 0 aliphatic rings. The Hall–Kier alpha value is -1.88. The number of aryl methyl sites for hydroxylation is 1. The Labute approximate surface area is 125 Å². The molecule has 0 bridgehead atoms. The predicted molar refractivity (Wildman–Crippen MR) is 82.9 cm³/mol. The van der Waals surface area contributed by atoms with Gasteiger partial charge in [-0.1, -0.05) is 22.0 Å². The molecule has 0 fully saturated rings. The molecule has 0 spiro atoms. The van der Waals surface area contributed by atoms with Crippen molar-refractivity contribution >= 4 is 27.5 Å². The average molecular weight is 335 g/mol. The van der Waals surface area contributed by atoms with E-state index in [1.165, 1.54) is 10.6 Å². The van der Waals surface area contributed by atoms with E-state index in [0.29, 0.717) is 5.69 Å². The molecule has 1 amide bonds. The summed E-state index contributed by atoms with van der Waals surface area (Å²) in [7, 11) is 0. The number of hydrogen-bond acceptors (Lipinski definition) is 2. The van der Waals surface area contributed by atoms with Crippen LogP contribution in [-0.4, -0.2) is 10.5 Å². The van der Waals surface area contributed by atoms with Crippen molar-refractivity contribution < 1.29 is 4.79 Å². The molecule has 0 aliphatic carbocycles. The number of halogens is 1. The molecule has 0 radical (unpaired) electrons. The van der Waals surface area contributed by atoms with Crippen molar-refractivity contribution in [2.24, 2.45) is 0 Å². The van der Waals surface area contributed by atoms with Gasteiger partial charge < -0.3 is 9.88 Å². The van der Waals surface area contributed by atoms with E-state index in [0.717, 1.165) is 10.2 Å². The lowest BCUT2D eigenvalue weighted by Crippen LogP contribution is -2.32. The van der Waals surface area contributed by atoms with Crippen LogP contribution in [0.15, 0.2) is 51.7 Å². The number of hydrogen-bond donors (Lipinski definition) is 1. The zero-order valence-corrected chi connectivity index (χ0v) is 12.8. The summed E-state index contributed by atoms with van der Waals surface area (Å²) in [5.74, 6) is -0.219. The van der Waals surface area contributed by atoms with Gasteiger partial charge in [-0.05, 0) is 44.2 Å². The number of nitrogens with zero attached hydrogens (tertiary/aromatic N) is 1. The molecule has 4 nitrogen and oxygen atoms in total. The maximum absolute atomic E-state index is 12.2. The number of pyridine rings is 1. The molecule has 2 rings (SSSR count). The van der Waals surface area contributed by atoms with E-state index in [1.54, 1.807) is 25.1 Å². The van der Waals surface area contributed by atoms with Crippen molar-refractivity contribution in [2.45, 2.75) is 19.9 Å². The van der Waals surface area contributed by atoms with E-state index in [1.807, 2.05) is 25.1 Å². The molecular weight excluding hydrogens is 320 g/mol. The average Bonchev–Trinajstić information content (AvgIpc) is 2.41. The fourth-order valence-electron chi connectivity index (χ4n) is 2.00. The maximum atomic E-state index is 12.2. The monoisotopic (exact) mass is 334 g/mol. The van der Waals surface area contributed by atoms with Crippen LogP contribution in [0.3, 0.4) is 0 Å². The summed E-state index contributed by atoms with van der Waals surface area (Å²) in [5, 5.41) is 2.80. The van der Waals surface area contributed by atoms with Crippen LogP contribution in [0.4, 0.5) is 5.69 Å². The first-order valence-electron chi connectivity index (χ1n) is 6.23. The lowest BCUT2D eigenvalue weighted by molar-refractivity contribution is -0.118. The number of anilines is 1. The van der Waals surface area contributed by atoms with Crippen LogP contribution in [0.25, 0.3) is 0 Å². The second-order valence-electron chi connectivity index (χ2n) is 4.55. The smallest absolute Gasteiger partial charge is 0.251 e. The third kappa shape index (κ3) is 3.17. The Morgan fingerprint density at radius 2 is 1.85 bits per heavy atom. The van der Waals surface area contributed by atoms with E-state index >= 15 is 0 Å². The number of nitrogens with one attached hydrogen (secondary N) is 1. The standard InChI is InChI=1S/C15H15BrN2O2/c1-10-4-3-5-14(19)18(10)11(2)15(20)17-13-8-6-12(16)7-9-13/h3-9,11H,1-2H3,(H,17,20). The number of amides is 1. The Balaban J connectivity index is 2.21. The van der Waals surface area contributed by atoms with Crippen molar-refractivity contribution in [3.63, 3.8) is 0 Å². The summed E-state index contributed by atoms with van der Waals surface area (Å²) in [6.07, 6.45) is 0. The highest BCUT2D eigenvalue weighted by molar-refractivity contribution is 9.10. The quantitative estimate of drug-likeness (QED) is 0.937. The van der Waals surface area contributed by atoms with Gasteiger partial charge >= 0.3 is 0 Å². The zero-order chi connectivity index (χ0) is 14.7. The van der Waals surface area contributed by atoms with Crippen LogP contribution in [0.2, 0.25) is 0 Å². The zero-order valence-electron chi connectivity index (χ0n) is 11.3. The molecule has 1 heterocycles. The van der Waals surface area contributed by atoms with Gasteiger partial charge in [-0.25, -0.2) is 0 Å². The van der Waals surface area contributed by atoms with Crippen LogP contribution < -0.4 is 10.9 Å². The molecule has 1 aromatic carbocycles. The van der Waals surface area contributed by atoms with Gasteiger partial charge in [0, 0.05) is 21.9 Å². The van der Waals surface area contributed by atoms with Gasteiger partial charge in [0.2, 0.25) is 5.91 Å². The van der Waals surface area contributed by atoms with Crippen molar-refractivity contribution in [2.75, 3.05) is 5.32 Å². The van der Waals surface area contributed by atoms with Gasteiger partial charge in [0.15, 0.2) is 0 Å². The molecule has 0 saturated carbocycles. The molecule has 1 atom stereocenters. The molecule has 1 N–H and O–H groups in total. The third-order valence-electron chi connectivity index (χ3n) is 3.07.